The number of ketones is 1. The van der Waals surface area contributed by atoms with Crippen LogP contribution in [-0.2, 0) is 13.0 Å². The number of halogens is 1. The molecule has 0 spiro atoms. The molecular formula is C24H22FN3O2. The smallest absolute Gasteiger partial charge is 0.202 e. The Labute approximate surface area is 173 Å². The minimum absolute atomic E-state index is 0.127. The highest BCUT2D eigenvalue weighted by Crippen LogP contribution is 2.27. The summed E-state index contributed by atoms with van der Waals surface area (Å²) < 4.78 is 20.1. The van der Waals surface area contributed by atoms with Crippen LogP contribution < -0.4 is 11.1 Å². The van der Waals surface area contributed by atoms with Crippen LogP contribution in [0.3, 0.4) is 0 Å². The zero-order valence-corrected chi connectivity index (χ0v) is 16.8. The SMILES string of the molecule is Cc1ccc2oc(C(=O)Cc3ccc(F)c(CNc4cccnc4N)c3)c(C)c2c1. The normalized spacial score (nSPS) is 11.0. The van der Waals surface area contributed by atoms with Gasteiger partial charge in [-0.25, -0.2) is 9.37 Å². The van der Waals surface area contributed by atoms with Crippen molar-refractivity contribution in [1.82, 2.24) is 4.98 Å². The lowest BCUT2D eigenvalue weighted by Crippen LogP contribution is -2.08. The fourth-order valence-electron chi connectivity index (χ4n) is 3.50. The third kappa shape index (κ3) is 3.89. The number of furan rings is 1. The van der Waals surface area contributed by atoms with Crippen LogP contribution in [0.15, 0.2) is 59.1 Å². The summed E-state index contributed by atoms with van der Waals surface area (Å²) in [7, 11) is 0. The molecule has 3 N–H and O–H groups in total. The van der Waals surface area contributed by atoms with E-state index in [2.05, 4.69) is 10.3 Å². The summed E-state index contributed by atoms with van der Waals surface area (Å²) in [6.45, 7) is 4.12. The van der Waals surface area contributed by atoms with Gasteiger partial charge in [-0.15, -0.1) is 0 Å². The van der Waals surface area contributed by atoms with Gasteiger partial charge in [0.15, 0.2) is 5.76 Å². The van der Waals surface area contributed by atoms with Crippen LogP contribution in [0.5, 0.6) is 0 Å². The molecule has 0 aliphatic rings. The van der Waals surface area contributed by atoms with E-state index in [-0.39, 0.29) is 24.6 Å². The Morgan fingerprint density at radius 1 is 1.17 bits per heavy atom. The van der Waals surface area contributed by atoms with E-state index in [0.717, 1.165) is 16.5 Å². The van der Waals surface area contributed by atoms with Gasteiger partial charge in [0.25, 0.3) is 0 Å². The zero-order valence-electron chi connectivity index (χ0n) is 16.8. The van der Waals surface area contributed by atoms with Gasteiger partial charge in [-0.3, -0.25) is 4.79 Å². The van der Waals surface area contributed by atoms with Gasteiger partial charge in [0.05, 0.1) is 5.69 Å². The first-order valence-corrected chi connectivity index (χ1v) is 9.67. The highest BCUT2D eigenvalue weighted by molar-refractivity contribution is 6.01. The highest BCUT2D eigenvalue weighted by Gasteiger charge is 2.18. The number of carbonyl (C=O) groups is 1. The number of anilines is 2. The molecule has 0 radical (unpaired) electrons. The number of nitrogen functional groups attached to an aromatic ring is 1. The number of aromatic nitrogens is 1. The molecule has 2 heterocycles. The van der Waals surface area contributed by atoms with Crippen molar-refractivity contribution in [3.8, 4) is 0 Å². The molecule has 6 heteroatoms. The molecule has 30 heavy (non-hydrogen) atoms. The molecule has 0 unspecified atom stereocenters. The lowest BCUT2D eigenvalue weighted by atomic mass is 10.0. The number of nitrogens with zero attached hydrogens (tertiary/aromatic N) is 1. The van der Waals surface area contributed by atoms with Crippen LogP contribution in [0.25, 0.3) is 11.0 Å². The molecular weight excluding hydrogens is 381 g/mol. The summed E-state index contributed by atoms with van der Waals surface area (Å²) in [4.78, 5) is 16.9. The standard InChI is InChI=1S/C24H22FN3O2/c1-14-5-8-22-18(10-14)15(2)23(30-22)21(29)12-16-6-7-19(25)17(11-16)13-28-20-4-3-9-27-24(20)26/h3-11,28H,12-13H2,1-2H3,(H2,26,27). The average molecular weight is 403 g/mol. The molecule has 152 valence electrons. The van der Waals surface area contributed by atoms with Gasteiger partial charge in [0, 0.05) is 35.7 Å². The number of pyridine rings is 1. The van der Waals surface area contributed by atoms with Crippen LogP contribution >= 0.6 is 0 Å². The first-order chi connectivity index (χ1) is 14.4. The molecule has 0 aliphatic carbocycles. The van der Waals surface area contributed by atoms with E-state index in [4.69, 9.17) is 10.2 Å². The summed E-state index contributed by atoms with van der Waals surface area (Å²) in [5.41, 5.74) is 10.2. The largest absolute Gasteiger partial charge is 0.453 e. The topological polar surface area (TPSA) is 81.2 Å². The third-order valence-electron chi connectivity index (χ3n) is 5.13. The number of Topliss-reactive ketones (excluding diaryl/α,β-unsaturated/α-hetero) is 1. The van der Waals surface area contributed by atoms with Crippen molar-refractivity contribution in [3.63, 3.8) is 0 Å². The van der Waals surface area contributed by atoms with E-state index in [1.165, 1.54) is 6.07 Å². The molecule has 2 aromatic heterocycles. The predicted octanol–water partition coefficient (Wildman–Crippen LogP) is 5.20. The van der Waals surface area contributed by atoms with Crippen LogP contribution in [0, 0.1) is 19.7 Å². The van der Waals surface area contributed by atoms with Gasteiger partial charge in [0.1, 0.15) is 17.2 Å². The molecule has 0 fully saturated rings. The maximum absolute atomic E-state index is 14.3. The molecule has 0 saturated carbocycles. The molecule has 5 nitrogen and oxygen atoms in total. The minimum Gasteiger partial charge on any atom is -0.453 e. The van der Waals surface area contributed by atoms with Crippen LogP contribution in [0.4, 0.5) is 15.9 Å². The Balaban J connectivity index is 1.54. The molecule has 0 saturated heterocycles. The minimum atomic E-state index is -0.350. The fraction of sp³-hybridized carbons (Fsp3) is 0.167. The van der Waals surface area contributed by atoms with E-state index in [1.54, 1.807) is 30.5 Å². The molecule has 0 bridgehead atoms. The van der Waals surface area contributed by atoms with Gasteiger partial charge in [-0.2, -0.15) is 0 Å². The second kappa shape index (κ2) is 7.99. The first-order valence-electron chi connectivity index (χ1n) is 9.67. The van der Waals surface area contributed by atoms with Crippen molar-refractivity contribution in [2.45, 2.75) is 26.8 Å². The molecule has 4 aromatic rings. The Bertz CT molecular complexity index is 1250. The van der Waals surface area contributed by atoms with Crippen molar-refractivity contribution in [2.24, 2.45) is 0 Å². The second-order valence-electron chi connectivity index (χ2n) is 7.37. The second-order valence-corrected chi connectivity index (χ2v) is 7.37. The number of nitrogens with one attached hydrogen (secondary N) is 1. The van der Waals surface area contributed by atoms with Gasteiger partial charge in [-0.1, -0.05) is 23.8 Å². The average Bonchev–Trinajstić information content (AvgIpc) is 3.05. The van der Waals surface area contributed by atoms with Crippen molar-refractivity contribution >= 4 is 28.3 Å². The quantitative estimate of drug-likeness (QED) is 0.432. The van der Waals surface area contributed by atoms with E-state index in [0.29, 0.717) is 34.0 Å². The number of carbonyl (C=O) groups excluding carboxylic acids is 1. The number of rotatable bonds is 6. The predicted molar refractivity (Wildman–Crippen MR) is 116 cm³/mol. The summed E-state index contributed by atoms with van der Waals surface area (Å²) in [6.07, 6.45) is 1.72. The number of aryl methyl sites for hydroxylation is 2. The van der Waals surface area contributed by atoms with Crippen molar-refractivity contribution in [2.75, 3.05) is 11.1 Å². The number of benzene rings is 2. The first kappa shape index (κ1) is 19.6. The van der Waals surface area contributed by atoms with Gasteiger partial charge in [0.2, 0.25) is 5.78 Å². The maximum atomic E-state index is 14.3. The number of hydrogen-bond acceptors (Lipinski definition) is 5. The summed E-state index contributed by atoms with van der Waals surface area (Å²) in [6, 6.07) is 14.1. The zero-order chi connectivity index (χ0) is 21.3. The number of fused-ring (bicyclic) bond motifs is 1. The third-order valence-corrected chi connectivity index (χ3v) is 5.13. The van der Waals surface area contributed by atoms with Crippen LogP contribution in [-0.4, -0.2) is 10.8 Å². The Morgan fingerprint density at radius 3 is 2.80 bits per heavy atom. The van der Waals surface area contributed by atoms with E-state index in [9.17, 15) is 9.18 Å². The Morgan fingerprint density at radius 2 is 2.00 bits per heavy atom. The van der Waals surface area contributed by atoms with E-state index < -0.39 is 0 Å². The summed E-state index contributed by atoms with van der Waals surface area (Å²) in [5, 5.41) is 4.02. The molecule has 0 amide bonds. The summed E-state index contributed by atoms with van der Waals surface area (Å²) in [5.74, 6) is 0.211. The number of hydrogen-bond donors (Lipinski definition) is 2. The van der Waals surface area contributed by atoms with Gasteiger partial charge < -0.3 is 15.5 Å². The fourth-order valence-corrected chi connectivity index (χ4v) is 3.50. The molecule has 2 aromatic carbocycles. The number of nitrogens with two attached hydrogens (primary N) is 1. The maximum Gasteiger partial charge on any atom is 0.202 e. The van der Waals surface area contributed by atoms with E-state index in [1.807, 2.05) is 32.0 Å². The lowest BCUT2D eigenvalue weighted by Gasteiger charge is -2.10. The molecule has 4 rings (SSSR count). The van der Waals surface area contributed by atoms with Crippen molar-refractivity contribution in [1.29, 1.82) is 0 Å². The van der Waals surface area contributed by atoms with Crippen LogP contribution in [0.1, 0.15) is 32.8 Å². The van der Waals surface area contributed by atoms with E-state index >= 15 is 0 Å². The molecule has 0 aliphatic heterocycles. The van der Waals surface area contributed by atoms with Gasteiger partial charge >= 0.3 is 0 Å². The van der Waals surface area contributed by atoms with Crippen molar-refractivity contribution in [3.05, 3.63) is 88.6 Å². The Hall–Kier alpha value is -3.67. The van der Waals surface area contributed by atoms with Crippen LogP contribution in [0.2, 0.25) is 0 Å². The van der Waals surface area contributed by atoms with Gasteiger partial charge in [-0.05, 0) is 49.7 Å². The summed E-state index contributed by atoms with van der Waals surface area (Å²) >= 11 is 0. The Kier molecular flexibility index (Phi) is 5.23. The molecule has 0 atom stereocenters. The lowest BCUT2D eigenvalue weighted by molar-refractivity contribution is 0.0967. The highest BCUT2D eigenvalue weighted by atomic mass is 19.1. The monoisotopic (exact) mass is 403 g/mol. The van der Waals surface area contributed by atoms with Crippen molar-refractivity contribution < 1.29 is 13.6 Å².